The number of ether oxygens (including phenoxy) is 2. The van der Waals surface area contributed by atoms with E-state index in [9.17, 15) is 4.79 Å². The van der Waals surface area contributed by atoms with Crippen molar-refractivity contribution >= 4 is 28.6 Å². The lowest BCUT2D eigenvalue weighted by atomic mass is 10.1. The number of carbonyl (C=O) groups is 1. The molecule has 3 rings (SSSR count). The summed E-state index contributed by atoms with van der Waals surface area (Å²) in [5.41, 5.74) is 2.19. The molecule has 3 aromatic rings. The van der Waals surface area contributed by atoms with Crippen LogP contribution in [0, 0.1) is 0 Å². The van der Waals surface area contributed by atoms with Gasteiger partial charge in [0.15, 0.2) is 0 Å². The first-order chi connectivity index (χ1) is 11.7. The molecule has 0 N–H and O–H groups in total. The molecule has 0 aliphatic rings. The number of hydrogen-bond donors (Lipinski definition) is 0. The molecular weight excluding hydrogens is 322 g/mol. The van der Waals surface area contributed by atoms with Crippen LogP contribution < -0.4 is 4.74 Å². The van der Waals surface area contributed by atoms with Crippen LogP contribution in [0.25, 0.3) is 10.9 Å². The first kappa shape index (κ1) is 16.3. The van der Waals surface area contributed by atoms with E-state index in [1.54, 1.807) is 0 Å². The van der Waals surface area contributed by atoms with Gasteiger partial charge in [-0.1, -0.05) is 42.5 Å². The summed E-state index contributed by atoms with van der Waals surface area (Å²) in [6.07, 6.45) is 1.88. The molecule has 0 fully saturated rings. The number of methoxy groups -OCH3 is 1. The van der Waals surface area contributed by atoms with Crippen molar-refractivity contribution in [1.82, 2.24) is 4.98 Å². The van der Waals surface area contributed by atoms with Gasteiger partial charge in [0.1, 0.15) is 22.9 Å². The van der Waals surface area contributed by atoms with Crippen LogP contribution in [0.15, 0.2) is 59.6 Å². The molecular formula is C19H17NO3S. The molecule has 24 heavy (non-hydrogen) atoms. The van der Waals surface area contributed by atoms with E-state index in [2.05, 4.69) is 4.98 Å². The highest BCUT2D eigenvalue weighted by Gasteiger charge is 2.23. The fourth-order valence-corrected chi connectivity index (χ4v) is 3.04. The molecule has 4 nitrogen and oxygen atoms in total. The molecule has 0 saturated heterocycles. The van der Waals surface area contributed by atoms with Crippen LogP contribution in [0.5, 0.6) is 5.75 Å². The highest BCUT2D eigenvalue weighted by atomic mass is 32.2. The molecule has 5 heteroatoms. The summed E-state index contributed by atoms with van der Waals surface area (Å²) in [4.78, 5) is 16.9. The highest BCUT2D eigenvalue weighted by molar-refractivity contribution is 7.98. The summed E-state index contributed by atoms with van der Waals surface area (Å²) in [6.45, 7) is 0.368. The van der Waals surface area contributed by atoms with Gasteiger partial charge in [0.2, 0.25) is 0 Å². The zero-order chi connectivity index (χ0) is 16.9. The van der Waals surface area contributed by atoms with E-state index < -0.39 is 5.97 Å². The third-order valence-corrected chi connectivity index (χ3v) is 4.30. The van der Waals surface area contributed by atoms with E-state index in [1.165, 1.54) is 18.9 Å². The van der Waals surface area contributed by atoms with Crippen LogP contribution in [-0.4, -0.2) is 24.3 Å². The van der Waals surface area contributed by atoms with Crippen LogP contribution in [-0.2, 0) is 11.3 Å². The molecule has 1 aromatic heterocycles. The Morgan fingerprint density at radius 2 is 1.79 bits per heavy atom. The monoisotopic (exact) mass is 339 g/mol. The van der Waals surface area contributed by atoms with Gasteiger partial charge in [-0.05, 0) is 24.0 Å². The number of fused-ring (bicyclic) bond motifs is 1. The van der Waals surface area contributed by atoms with Crippen molar-refractivity contribution in [1.29, 1.82) is 0 Å². The minimum atomic E-state index is -0.444. The van der Waals surface area contributed by atoms with Gasteiger partial charge in [0, 0.05) is 5.39 Å². The van der Waals surface area contributed by atoms with E-state index in [1.807, 2.05) is 60.9 Å². The predicted molar refractivity (Wildman–Crippen MR) is 95.6 cm³/mol. The van der Waals surface area contributed by atoms with E-state index in [0.29, 0.717) is 22.9 Å². The molecule has 0 radical (unpaired) electrons. The topological polar surface area (TPSA) is 48.4 Å². The largest absolute Gasteiger partial charge is 0.487 e. The lowest BCUT2D eigenvalue weighted by molar-refractivity contribution is 0.0591. The van der Waals surface area contributed by atoms with Crippen molar-refractivity contribution in [3.63, 3.8) is 0 Å². The minimum Gasteiger partial charge on any atom is -0.487 e. The molecule has 0 saturated carbocycles. The van der Waals surface area contributed by atoms with Crippen LogP contribution in [0.3, 0.4) is 0 Å². The summed E-state index contributed by atoms with van der Waals surface area (Å²) in [6, 6.07) is 17.5. The van der Waals surface area contributed by atoms with Gasteiger partial charge >= 0.3 is 5.97 Å². The van der Waals surface area contributed by atoms with Crippen molar-refractivity contribution in [2.45, 2.75) is 11.6 Å². The maximum absolute atomic E-state index is 12.3. The Labute approximate surface area is 144 Å². The summed E-state index contributed by atoms with van der Waals surface area (Å²) >= 11 is 1.40. The molecule has 122 valence electrons. The normalized spacial score (nSPS) is 10.6. The number of benzene rings is 2. The molecule has 0 unspecified atom stereocenters. The third kappa shape index (κ3) is 3.21. The molecule has 0 aliphatic carbocycles. The number of pyridine rings is 1. The van der Waals surface area contributed by atoms with E-state index in [0.717, 1.165) is 16.5 Å². The van der Waals surface area contributed by atoms with Gasteiger partial charge in [-0.2, -0.15) is 0 Å². The van der Waals surface area contributed by atoms with Gasteiger partial charge in [-0.15, -0.1) is 11.8 Å². The highest BCUT2D eigenvalue weighted by Crippen LogP contribution is 2.35. The number of aromatic nitrogens is 1. The van der Waals surface area contributed by atoms with E-state index >= 15 is 0 Å². The third-order valence-electron chi connectivity index (χ3n) is 3.62. The second-order valence-corrected chi connectivity index (χ2v) is 5.90. The lowest BCUT2D eigenvalue weighted by Gasteiger charge is -2.15. The SMILES string of the molecule is COC(=O)c1c(SC)nc2ccccc2c1OCc1ccccc1. The van der Waals surface area contributed by atoms with Crippen molar-refractivity contribution in [3.05, 3.63) is 65.7 Å². The smallest absolute Gasteiger partial charge is 0.344 e. The number of para-hydroxylation sites is 1. The fraction of sp³-hybridized carbons (Fsp3) is 0.158. The predicted octanol–water partition coefficient (Wildman–Crippen LogP) is 4.32. The van der Waals surface area contributed by atoms with Crippen molar-refractivity contribution in [2.24, 2.45) is 0 Å². The Morgan fingerprint density at radius 1 is 1.08 bits per heavy atom. The number of carbonyl (C=O) groups excluding carboxylic acids is 1. The minimum absolute atomic E-state index is 0.368. The fourth-order valence-electron chi connectivity index (χ4n) is 2.47. The van der Waals surface area contributed by atoms with Crippen LogP contribution in [0.2, 0.25) is 0 Å². The first-order valence-electron chi connectivity index (χ1n) is 7.46. The molecule has 1 heterocycles. The van der Waals surface area contributed by atoms with Crippen LogP contribution in [0.4, 0.5) is 0 Å². The molecule has 0 aliphatic heterocycles. The van der Waals surface area contributed by atoms with E-state index in [-0.39, 0.29) is 0 Å². The van der Waals surface area contributed by atoms with Crippen molar-refractivity contribution in [3.8, 4) is 5.75 Å². The second kappa shape index (κ2) is 7.36. The van der Waals surface area contributed by atoms with Crippen molar-refractivity contribution in [2.75, 3.05) is 13.4 Å². The number of thioether (sulfide) groups is 1. The Hall–Kier alpha value is -2.53. The summed E-state index contributed by atoms with van der Waals surface area (Å²) < 4.78 is 11.0. The van der Waals surface area contributed by atoms with E-state index in [4.69, 9.17) is 9.47 Å². The average Bonchev–Trinajstić information content (AvgIpc) is 2.65. The summed E-state index contributed by atoms with van der Waals surface area (Å²) in [5.74, 6) is 0.0707. The quantitative estimate of drug-likeness (QED) is 0.512. The molecule has 0 atom stereocenters. The van der Waals surface area contributed by atoms with Gasteiger partial charge in [-0.25, -0.2) is 9.78 Å². The van der Waals surface area contributed by atoms with Gasteiger partial charge in [0.25, 0.3) is 0 Å². The number of rotatable bonds is 5. The average molecular weight is 339 g/mol. The van der Waals surface area contributed by atoms with Gasteiger partial charge < -0.3 is 9.47 Å². The zero-order valence-electron chi connectivity index (χ0n) is 13.5. The molecule has 0 spiro atoms. The van der Waals surface area contributed by atoms with Crippen LogP contribution in [0.1, 0.15) is 15.9 Å². The zero-order valence-corrected chi connectivity index (χ0v) is 14.3. The Morgan fingerprint density at radius 3 is 2.50 bits per heavy atom. The maximum Gasteiger partial charge on any atom is 0.344 e. The number of nitrogens with zero attached hydrogens (tertiary/aromatic N) is 1. The Kier molecular flexibility index (Phi) is 5.01. The number of esters is 1. The summed E-state index contributed by atoms with van der Waals surface area (Å²) in [7, 11) is 1.36. The number of hydrogen-bond acceptors (Lipinski definition) is 5. The van der Waals surface area contributed by atoms with Gasteiger partial charge in [-0.3, -0.25) is 0 Å². The van der Waals surface area contributed by atoms with Crippen LogP contribution >= 0.6 is 11.8 Å². The molecule has 0 bridgehead atoms. The lowest BCUT2D eigenvalue weighted by Crippen LogP contribution is -2.09. The second-order valence-electron chi connectivity index (χ2n) is 5.11. The Bertz CT molecular complexity index is 865. The Balaban J connectivity index is 2.12. The maximum atomic E-state index is 12.3. The van der Waals surface area contributed by atoms with Crippen molar-refractivity contribution < 1.29 is 14.3 Å². The standard InChI is InChI=1S/C19H17NO3S/c1-22-19(21)16-17(23-12-13-8-4-3-5-9-13)14-10-6-7-11-15(14)20-18(16)24-2/h3-11H,12H2,1-2H3. The molecule has 0 amide bonds. The molecule has 2 aromatic carbocycles. The van der Waals surface area contributed by atoms with Gasteiger partial charge in [0.05, 0.1) is 12.6 Å². The summed E-state index contributed by atoms with van der Waals surface area (Å²) in [5, 5.41) is 1.40. The first-order valence-corrected chi connectivity index (χ1v) is 8.69.